The van der Waals surface area contributed by atoms with Crippen LogP contribution in [0.2, 0.25) is 0 Å². The number of hydrogen-bond acceptors (Lipinski definition) is 3. The van der Waals surface area contributed by atoms with Crippen molar-refractivity contribution in [3.8, 4) is 0 Å². The van der Waals surface area contributed by atoms with Crippen LogP contribution in [0.25, 0.3) is 0 Å². The second-order valence-electron chi connectivity index (χ2n) is 5.96. The molecule has 1 aromatic heterocycles. The van der Waals surface area contributed by atoms with Gasteiger partial charge in [0.1, 0.15) is 0 Å². The Morgan fingerprint density at radius 2 is 2.29 bits per heavy atom. The standard InChI is InChI=1S/C16H23N3O2/c1-12(2)10-19-11-13(9-15(19)20)16(21)18-8-6-14-5-3-4-7-17-14/h3-5,7,12-13H,6,8-11H2,1-2H3,(H,18,21). The maximum atomic E-state index is 12.1. The summed E-state index contributed by atoms with van der Waals surface area (Å²) in [6, 6.07) is 5.74. The molecular formula is C16H23N3O2. The van der Waals surface area contributed by atoms with E-state index in [2.05, 4.69) is 24.1 Å². The molecule has 0 aliphatic carbocycles. The van der Waals surface area contributed by atoms with E-state index in [1.165, 1.54) is 0 Å². The van der Waals surface area contributed by atoms with E-state index in [1.807, 2.05) is 18.2 Å². The topological polar surface area (TPSA) is 62.3 Å². The predicted octanol–water partition coefficient (Wildman–Crippen LogP) is 1.24. The highest BCUT2D eigenvalue weighted by molar-refractivity contribution is 5.89. The summed E-state index contributed by atoms with van der Waals surface area (Å²) in [5, 5.41) is 2.91. The lowest BCUT2D eigenvalue weighted by Crippen LogP contribution is -2.35. The number of carbonyl (C=O) groups excluding carboxylic acids is 2. The Kier molecular flexibility index (Phi) is 5.31. The number of carbonyl (C=O) groups is 2. The van der Waals surface area contributed by atoms with Crippen molar-refractivity contribution in [2.45, 2.75) is 26.7 Å². The van der Waals surface area contributed by atoms with Gasteiger partial charge in [-0.2, -0.15) is 0 Å². The fraction of sp³-hybridized carbons (Fsp3) is 0.562. The number of nitrogens with zero attached hydrogens (tertiary/aromatic N) is 2. The van der Waals surface area contributed by atoms with Gasteiger partial charge in [0, 0.05) is 44.4 Å². The van der Waals surface area contributed by atoms with Crippen LogP contribution >= 0.6 is 0 Å². The molecule has 1 aliphatic heterocycles. The van der Waals surface area contributed by atoms with Crippen molar-refractivity contribution < 1.29 is 9.59 Å². The molecule has 1 saturated heterocycles. The number of nitrogens with one attached hydrogen (secondary N) is 1. The molecule has 5 nitrogen and oxygen atoms in total. The molecule has 21 heavy (non-hydrogen) atoms. The second kappa shape index (κ2) is 7.20. The third kappa shape index (κ3) is 4.55. The molecular weight excluding hydrogens is 266 g/mol. The molecule has 1 fully saturated rings. The zero-order valence-electron chi connectivity index (χ0n) is 12.7. The van der Waals surface area contributed by atoms with Crippen LogP contribution in [0.1, 0.15) is 26.0 Å². The van der Waals surface area contributed by atoms with Crippen LogP contribution in [-0.2, 0) is 16.0 Å². The van der Waals surface area contributed by atoms with Crippen molar-refractivity contribution in [3.05, 3.63) is 30.1 Å². The molecule has 1 N–H and O–H groups in total. The first-order valence-electron chi connectivity index (χ1n) is 7.51. The quantitative estimate of drug-likeness (QED) is 0.857. The van der Waals surface area contributed by atoms with Crippen molar-refractivity contribution in [3.63, 3.8) is 0 Å². The fourth-order valence-corrected chi connectivity index (χ4v) is 2.57. The zero-order chi connectivity index (χ0) is 15.2. The van der Waals surface area contributed by atoms with Gasteiger partial charge in [0.25, 0.3) is 0 Å². The average molecular weight is 289 g/mol. The highest BCUT2D eigenvalue weighted by Crippen LogP contribution is 2.19. The van der Waals surface area contributed by atoms with E-state index in [1.54, 1.807) is 11.1 Å². The number of aromatic nitrogens is 1. The minimum Gasteiger partial charge on any atom is -0.355 e. The Balaban J connectivity index is 1.75. The Hall–Kier alpha value is -1.91. The van der Waals surface area contributed by atoms with Gasteiger partial charge < -0.3 is 10.2 Å². The number of likely N-dealkylation sites (tertiary alicyclic amines) is 1. The number of amides is 2. The lowest BCUT2D eigenvalue weighted by molar-refractivity contribution is -0.129. The Labute approximate surface area is 125 Å². The van der Waals surface area contributed by atoms with Crippen LogP contribution in [0.15, 0.2) is 24.4 Å². The maximum Gasteiger partial charge on any atom is 0.225 e. The third-order valence-electron chi connectivity index (χ3n) is 3.58. The normalized spacial score (nSPS) is 18.3. The van der Waals surface area contributed by atoms with Crippen LogP contribution in [0, 0.1) is 11.8 Å². The molecule has 0 spiro atoms. The monoisotopic (exact) mass is 289 g/mol. The summed E-state index contributed by atoms with van der Waals surface area (Å²) in [7, 11) is 0. The lowest BCUT2D eigenvalue weighted by Gasteiger charge is -2.18. The predicted molar refractivity (Wildman–Crippen MR) is 80.5 cm³/mol. The second-order valence-corrected chi connectivity index (χ2v) is 5.96. The van der Waals surface area contributed by atoms with E-state index in [-0.39, 0.29) is 17.7 Å². The van der Waals surface area contributed by atoms with Gasteiger partial charge in [-0.3, -0.25) is 14.6 Å². The Morgan fingerprint density at radius 1 is 1.48 bits per heavy atom. The molecule has 1 atom stereocenters. The number of rotatable bonds is 6. The summed E-state index contributed by atoms with van der Waals surface area (Å²) in [4.78, 5) is 30.0. The van der Waals surface area contributed by atoms with Gasteiger partial charge in [-0.15, -0.1) is 0 Å². The van der Waals surface area contributed by atoms with E-state index < -0.39 is 0 Å². The highest BCUT2D eigenvalue weighted by Gasteiger charge is 2.34. The zero-order valence-corrected chi connectivity index (χ0v) is 12.7. The molecule has 1 aromatic rings. The Bertz CT molecular complexity index is 488. The van der Waals surface area contributed by atoms with Gasteiger partial charge in [-0.05, 0) is 18.1 Å². The summed E-state index contributed by atoms with van der Waals surface area (Å²) < 4.78 is 0. The first-order chi connectivity index (χ1) is 10.1. The largest absolute Gasteiger partial charge is 0.355 e. The van der Waals surface area contributed by atoms with Crippen LogP contribution < -0.4 is 5.32 Å². The van der Waals surface area contributed by atoms with E-state index in [0.717, 1.165) is 12.2 Å². The summed E-state index contributed by atoms with van der Waals surface area (Å²) in [6.45, 7) is 5.99. The molecule has 0 aromatic carbocycles. The van der Waals surface area contributed by atoms with Crippen LogP contribution in [0.3, 0.4) is 0 Å². The fourth-order valence-electron chi connectivity index (χ4n) is 2.57. The van der Waals surface area contributed by atoms with E-state index in [4.69, 9.17) is 0 Å². The summed E-state index contributed by atoms with van der Waals surface area (Å²) in [6.07, 6.45) is 2.79. The molecule has 114 valence electrons. The molecule has 0 radical (unpaired) electrons. The minimum atomic E-state index is -0.208. The van der Waals surface area contributed by atoms with E-state index >= 15 is 0 Å². The van der Waals surface area contributed by atoms with Gasteiger partial charge in [0.05, 0.1) is 5.92 Å². The first kappa shape index (κ1) is 15.5. The van der Waals surface area contributed by atoms with Gasteiger partial charge in [-0.1, -0.05) is 19.9 Å². The van der Waals surface area contributed by atoms with E-state index in [0.29, 0.717) is 31.8 Å². The van der Waals surface area contributed by atoms with Gasteiger partial charge in [0.2, 0.25) is 11.8 Å². The average Bonchev–Trinajstić information content (AvgIpc) is 2.80. The smallest absolute Gasteiger partial charge is 0.225 e. The number of hydrogen-bond donors (Lipinski definition) is 1. The molecule has 2 rings (SSSR count). The van der Waals surface area contributed by atoms with Gasteiger partial charge in [-0.25, -0.2) is 0 Å². The van der Waals surface area contributed by atoms with Crippen LogP contribution in [0.4, 0.5) is 0 Å². The van der Waals surface area contributed by atoms with Crippen molar-refractivity contribution in [2.24, 2.45) is 11.8 Å². The SMILES string of the molecule is CC(C)CN1CC(C(=O)NCCc2ccccn2)CC1=O. The summed E-state index contributed by atoms with van der Waals surface area (Å²) in [5.41, 5.74) is 0.960. The molecule has 1 aliphatic rings. The molecule has 0 bridgehead atoms. The van der Waals surface area contributed by atoms with Crippen molar-refractivity contribution in [1.82, 2.24) is 15.2 Å². The van der Waals surface area contributed by atoms with Gasteiger partial charge >= 0.3 is 0 Å². The van der Waals surface area contributed by atoms with Crippen LogP contribution in [-0.4, -0.2) is 41.3 Å². The van der Waals surface area contributed by atoms with Crippen LogP contribution in [0.5, 0.6) is 0 Å². The first-order valence-corrected chi connectivity index (χ1v) is 7.51. The van der Waals surface area contributed by atoms with Crippen molar-refractivity contribution >= 4 is 11.8 Å². The van der Waals surface area contributed by atoms with Gasteiger partial charge in [0.15, 0.2) is 0 Å². The highest BCUT2D eigenvalue weighted by atomic mass is 16.2. The van der Waals surface area contributed by atoms with Crippen molar-refractivity contribution in [2.75, 3.05) is 19.6 Å². The number of pyridine rings is 1. The molecule has 1 unspecified atom stereocenters. The molecule has 0 saturated carbocycles. The lowest BCUT2D eigenvalue weighted by atomic mass is 10.1. The maximum absolute atomic E-state index is 12.1. The summed E-state index contributed by atoms with van der Waals surface area (Å²) in [5.74, 6) is 0.291. The molecule has 2 heterocycles. The van der Waals surface area contributed by atoms with Crippen molar-refractivity contribution in [1.29, 1.82) is 0 Å². The Morgan fingerprint density at radius 3 is 2.95 bits per heavy atom. The minimum absolute atomic E-state index is 0.0227. The third-order valence-corrected chi connectivity index (χ3v) is 3.58. The molecule has 5 heteroatoms. The summed E-state index contributed by atoms with van der Waals surface area (Å²) >= 11 is 0. The van der Waals surface area contributed by atoms with E-state index in [9.17, 15) is 9.59 Å². The molecule has 2 amide bonds.